The maximum absolute atomic E-state index is 2.39. The van der Waals surface area contributed by atoms with E-state index in [1.165, 1.54) is 91.7 Å². The second-order valence-corrected chi connectivity index (χ2v) is 16.6. The SMILES string of the molecule is CCCCc1ccccc1-c1cccc2[cH-]c(C(C)(C)C)cc12.CCCCc1ccccc1-c1cccc2[cH-]c(C(C)(C)C)cc12.C[Si]C.[Zr+2]. The Balaban J connectivity index is 0.000000246. The first-order valence-electron chi connectivity index (χ1n) is 18.6. The molecule has 0 saturated carbocycles. The van der Waals surface area contributed by atoms with E-state index >= 15 is 0 Å². The van der Waals surface area contributed by atoms with Crippen molar-refractivity contribution < 1.29 is 26.2 Å². The molecule has 0 aliphatic carbocycles. The van der Waals surface area contributed by atoms with Crippen LogP contribution in [0.25, 0.3) is 43.8 Å². The van der Waals surface area contributed by atoms with Gasteiger partial charge < -0.3 is 0 Å². The molecule has 0 amide bonds. The third kappa shape index (κ3) is 10.6. The molecule has 2 radical (unpaired) electrons. The first-order chi connectivity index (χ1) is 23.4. The fraction of sp³-hybridized carbons (Fsp3) is 0.375. The molecule has 0 bridgehead atoms. The monoisotopic (exact) mass is 754 g/mol. The molecule has 6 aromatic rings. The van der Waals surface area contributed by atoms with E-state index in [0.717, 1.165) is 22.4 Å². The molecule has 0 aliphatic heterocycles. The first-order valence-corrected chi connectivity index (χ1v) is 20.6. The first kappa shape index (κ1) is 41.6. The number of aryl methyl sites for hydroxylation is 2. The molecule has 0 heterocycles. The van der Waals surface area contributed by atoms with Crippen LogP contribution in [-0.2, 0) is 49.9 Å². The smallest absolute Gasteiger partial charge is 0.164 e. The Kier molecular flexibility index (Phi) is 15.9. The third-order valence-electron chi connectivity index (χ3n) is 9.45. The Morgan fingerprint density at radius 2 is 0.840 bits per heavy atom. The molecule has 260 valence electrons. The molecule has 0 unspecified atom stereocenters. The van der Waals surface area contributed by atoms with E-state index in [4.69, 9.17) is 0 Å². The quantitative estimate of drug-likeness (QED) is 0.107. The molecule has 0 aliphatic rings. The maximum atomic E-state index is 2.39. The van der Waals surface area contributed by atoms with Crippen molar-refractivity contribution in [2.75, 3.05) is 0 Å². The van der Waals surface area contributed by atoms with Gasteiger partial charge in [-0.2, -0.15) is 12.1 Å². The molecule has 6 aromatic carbocycles. The topological polar surface area (TPSA) is 0 Å². The normalized spacial score (nSPS) is 11.4. The van der Waals surface area contributed by atoms with Gasteiger partial charge in [-0.05, 0) is 58.8 Å². The minimum Gasteiger partial charge on any atom is -0.164 e. The van der Waals surface area contributed by atoms with Crippen molar-refractivity contribution >= 4 is 31.1 Å². The summed E-state index contributed by atoms with van der Waals surface area (Å²) < 4.78 is 0. The van der Waals surface area contributed by atoms with Crippen molar-refractivity contribution in [2.45, 2.75) is 118 Å². The van der Waals surface area contributed by atoms with Crippen LogP contribution in [0.5, 0.6) is 0 Å². The minimum absolute atomic E-state index is 0. The summed E-state index contributed by atoms with van der Waals surface area (Å²) in [7, 11) is 1.08. The molecule has 0 aromatic heterocycles. The number of fused-ring (bicyclic) bond motifs is 2. The van der Waals surface area contributed by atoms with E-state index in [2.05, 4.69) is 178 Å². The molecule has 6 rings (SSSR count). The fourth-order valence-corrected chi connectivity index (χ4v) is 6.54. The van der Waals surface area contributed by atoms with Gasteiger partial charge in [-0.15, -0.1) is 69.1 Å². The molecule has 2 heteroatoms. The van der Waals surface area contributed by atoms with Gasteiger partial charge in [0.2, 0.25) is 0 Å². The van der Waals surface area contributed by atoms with Crippen LogP contribution in [0.15, 0.2) is 109 Å². The molecule has 0 saturated heterocycles. The Morgan fingerprint density at radius 1 is 0.500 bits per heavy atom. The van der Waals surface area contributed by atoms with Crippen LogP contribution in [0.1, 0.15) is 103 Å². The van der Waals surface area contributed by atoms with Crippen LogP contribution in [0.4, 0.5) is 0 Å². The number of rotatable bonds is 8. The van der Waals surface area contributed by atoms with Gasteiger partial charge in [-0.3, -0.25) is 0 Å². The predicted molar refractivity (Wildman–Crippen MR) is 222 cm³/mol. The molecule has 0 spiro atoms. The largest absolute Gasteiger partial charge is 2.00 e. The van der Waals surface area contributed by atoms with Crippen LogP contribution in [0, 0.1) is 0 Å². The molecule has 0 nitrogen and oxygen atoms in total. The number of hydrogen-bond donors (Lipinski definition) is 0. The van der Waals surface area contributed by atoms with Gasteiger partial charge in [0.25, 0.3) is 0 Å². The number of unbranched alkanes of at least 4 members (excludes halogenated alkanes) is 2. The molecular formula is C48H60SiZr. The van der Waals surface area contributed by atoms with E-state index in [9.17, 15) is 0 Å². The van der Waals surface area contributed by atoms with Gasteiger partial charge in [0.05, 0.1) is 0 Å². The molecule has 0 fully saturated rings. The zero-order chi connectivity index (χ0) is 35.6. The van der Waals surface area contributed by atoms with Crippen molar-refractivity contribution in [3.05, 3.63) is 131 Å². The fourth-order valence-electron chi connectivity index (χ4n) is 6.54. The van der Waals surface area contributed by atoms with Gasteiger partial charge in [-0.25, -0.2) is 0 Å². The second-order valence-electron chi connectivity index (χ2n) is 15.6. The summed E-state index contributed by atoms with van der Waals surface area (Å²) in [6.07, 6.45) is 7.31. The molecule has 50 heavy (non-hydrogen) atoms. The van der Waals surface area contributed by atoms with Crippen LogP contribution in [0.2, 0.25) is 13.1 Å². The van der Waals surface area contributed by atoms with E-state index < -0.39 is 0 Å². The third-order valence-corrected chi connectivity index (χ3v) is 9.45. The van der Waals surface area contributed by atoms with Crippen molar-refractivity contribution in [3.8, 4) is 22.3 Å². The maximum Gasteiger partial charge on any atom is 2.00 e. The van der Waals surface area contributed by atoms with Crippen molar-refractivity contribution in [2.24, 2.45) is 0 Å². The zero-order valence-electron chi connectivity index (χ0n) is 32.6. The average molecular weight is 756 g/mol. The Bertz CT molecular complexity index is 1760. The summed E-state index contributed by atoms with van der Waals surface area (Å²) in [4.78, 5) is 0. The van der Waals surface area contributed by atoms with Crippen molar-refractivity contribution in [1.82, 2.24) is 0 Å². The van der Waals surface area contributed by atoms with Crippen LogP contribution < -0.4 is 0 Å². The summed E-state index contributed by atoms with van der Waals surface area (Å²) in [5.41, 5.74) is 11.7. The van der Waals surface area contributed by atoms with E-state index in [0.29, 0.717) is 0 Å². The summed E-state index contributed by atoms with van der Waals surface area (Å²) in [6, 6.07) is 40.7. The average Bonchev–Trinajstić information content (AvgIpc) is 3.73. The summed E-state index contributed by atoms with van der Waals surface area (Å²) in [5, 5.41) is 5.50. The van der Waals surface area contributed by atoms with E-state index in [-0.39, 0.29) is 37.0 Å². The predicted octanol–water partition coefficient (Wildman–Crippen LogP) is 14.5. The van der Waals surface area contributed by atoms with E-state index in [1.807, 2.05) is 0 Å². The van der Waals surface area contributed by atoms with Crippen molar-refractivity contribution in [3.63, 3.8) is 0 Å². The minimum atomic E-state index is 0. The number of hydrogen-bond acceptors (Lipinski definition) is 0. The molecular weight excluding hydrogens is 696 g/mol. The van der Waals surface area contributed by atoms with Crippen LogP contribution in [0.3, 0.4) is 0 Å². The van der Waals surface area contributed by atoms with Crippen LogP contribution >= 0.6 is 0 Å². The Labute approximate surface area is 326 Å². The standard InChI is InChI=1S/2C23H27.C2H6Si.Zr/c2*1-5-6-10-17-11-7-8-13-20(17)21-14-9-12-18-15-19(16-22(18)21)23(2,3)4;1-3-2;/h2*7-9,11-16H,5-6,10H2,1-4H3;1-2H3;/q2*-1;;+2. The summed E-state index contributed by atoms with van der Waals surface area (Å²) in [6.45, 7) is 22.6. The van der Waals surface area contributed by atoms with Gasteiger partial charge in [0, 0.05) is 9.52 Å². The van der Waals surface area contributed by atoms with E-state index in [1.54, 1.807) is 0 Å². The van der Waals surface area contributed by atoms with Gasteiger partial charge in [0.15, 0.2) is 0 Å². The summed E-state index contributed by atoms with van der Waals surface area (Å²) >= 11 is 0. The Morgan fingerprint density at radius 3 is 1.18 bits per heavy atom. The Hall–Kier alpha value is -2.80. The van der Waals surface area contributed by atoms with Crippen molar-refractivity contribution in [1.29, 1.82) is 0 Å². The van der Waals surface area contributed by atoms with Gasteiger partial charge in [0.1, 0.15) is 0 Å². The zero-order valence-corrected chi connectivity index (χ0v) is 36.1. The molecule has 0 atom stereocenters. The van der Waals surface area contributed by atoms with Gasteiger partial charge in [-0.1, -0.05) is 153 Å². The summed E-state index contributed by atoms with van der Waals surface area (Å²) in [5.74, 6) is 0. The second kappa shape index (κ2) is 19.2. The van der Waals surface area contributed by atoms with Crippen LogP contribution in [-0.4, -0.2) is 9.52 Å². The van der Waals surface area contributed by atoms with Gasteiger partial charge >= 0.3 is 26.2 Å². The molecule has 0 N–H and O–H groups in total. The number of benzene rings is 4.